The van der Waals surface area contributed by atoms with Gasteiger partial charge in [0.25, 0.3) is 0 Å². The van der Waals surface area contributed by atoms with E-state index in [0.29, 0.717) is 5.82 Å². The number of anilines is 1. The molecule has 0 radical (unpaired) electrons. The smallest absolute Gasteiger partial charge is 0.172 e. The molecule has 1 aromatic heterocycles. The summed E-state index contributed by atoms with van der Waals surface area (Å²) >= 11 is 6.91. The minimum Gasteiger partial charge on any atom is -0.381 e. The Balaban J connectivity index is 2.52. The molecule has 2 rings (SSSR count). The van der Waals surface area contributed by atoms with Crippen LogP contribution in [0.1, 0.15) is 18.9 Å². The highest BCUT2D eigenvalue weighted by molar-refractivity contribution is 9.11. The van der Waals surface area contributed by atoms with Gasteiger partial charge >= 0.3 is 0 Å². The van der Waals surface area contributed by atoms with Crippen molar-refractivity contribution in [2.45, 2.75) is 19.8 Å². The largest absolute Gasteiger partial charge is 0.381 e. The van der Waals surface area contributed by atoms with Crippen LogP contribution < -0.4 is 5.73 Å². The third-order valence-electron chi connectivity index (χ3n) is 2.44. The van der Waals surface area contributed by atoms with Gasteiger partial charge in [-0.25, -0.2) is 0 Å². The Morgan fingerprint density at radius 1 is 1.24 bits per heavy atom. The third kappa shape index (κ3) is 2.72. The van der Waals surface area contributed by atoms with E-state index in [0.717, 1.165) is 38.7 Å². The summed E-state index contributed by atoms with van der Waals surface area (Å²) in [6, 6.07) is 5.95. The maximum absolute atomic E-state index is 5.81. The zero-order valence-electron chi connectivity index (χ0n) is 9.34. The molecule has 90 valence electrons. The van der Waals surface area contributed by atoms with E-state index in [1.807, 2.05) is 18.2 Å². The van der Waals surface area contributed by atoms with E-state index < -0.39 is 0 Å². The molecule has 0 aliphatic heterocycles. The maximum Gasteiger partial charge on any atom is 0.172 e. The van der Waals surface area contributed by atoms with Gasteiger partial charge in [0.1, 0.15) is 0 Å². The van der Waals surface area contributed by atoms with Crippen molar-refractivity contribution < 1.29 is 4.52 Å². The Hall–Kier alpha value is -0.810. The average Bonchev–Trinajstić information content (AvgIpc) is 2.60. The second-order valence-corrected chi connectivity index (χ2v) is 5.61. The quantitative estimate of drug-likeness (QED) is 0.883. The Bertz CT molecular complexity index is 517. The van der Waals surface area contributed by atoms with E-state index in [9.17, 15) is 0 Å². The molecule has 1 heterocycles. The molecule has 0 unspecified atom stereocenters. The van der Waals surface area contributed by atoms with Gasteiger partial charge in [0.15, 0.2) is 11.6 Å². The summed E-state index contributed by atoms with van der Waals surface area (Å²) in [6.45, 7) is 2.10. The highest BCUT2D eigenvalue weighted by Gasteiger charge is 2.15. The maximum atomic E-state index is 5.81. The van der Waals surface area contributed by atoms with E-state index >= 15 is 0 Å². The number of halogens is 2. The fraction of sp³-hybridized carbons (Fsp3) is 0.250. The van der Waals surface area contributed by atoms with Gasteiger partial charge < -0.3 is 10.3 Å². The molecule has 1 aromatic carbocycles. The summed E-state index contributed by atoms with van der Waals surface area (Å²) in [4.78, 5) is 0. The van der Waals surface area contributed by atoms with Crippen LogP contribution in [0.25, 0.3) is 11.3 Å². The molecule has 2 N–H and O–H groups in total. The Morgan fingerprint density at radius 2 is 1.88 bits per heavy atom. The van der Waals surface area contributed by atoms with Crippen molar-refractivity contribution in [2.75, 3.05) is 5.73 Å². The number of nitrogen functional groups attached to an aromatic ring is 1. The van der Waals surface area contributed by atoms with E-state index in [1.165, 1.54) is 0 Å². The van der Waals surface area contributed by atoms with Gasteiger partial charge in [-0.1, -0.05) is 50.4 Å². The molecular formula is C12H12Br2N2O. The van der Waals surface area contributed by atoms with Crippen molar-refractivity contribution in [1.29, 1.82) is 0 Å². The van der Waals surface area contributed by atoms with Crippen LogP contribution in [0.15, 0.2) is 31.7 Å². The predicted molar refractivity (Wildman–Crippen MR) is 75.7 cm³/mol. The molecule has 0 atom stereocenters. The zero-order valence-corrected chi connectivity index (χ0v) is 12.5. The lowest BCUT2D eigenvalue weighted by molar-refractivity contribution is 0.435. The monoisotopic (exact) mass is 358 g/mol. The van der Waals surface area contributed by atoms with Gasteiger partial charge in [0.05, 0.1) is 0 Å². The van der Waals surface area contributed by atoms with Crippen molar-refractivity contribution in [3.05, 3.63) is 32.7 Å². The average molecular weight is 360 g/mol. The summed E-state index contributed by atoms with van der Waals surface area (Å²) in [5.41, 5.74) is 7.77. The molecule has 0 amide bonds. The summed E-state index contributed by atoms with van der Waals surface area (Å²) in [7, 11) is 0. The first-order valence-electron chi connectivity index (χ1n) is 5.32. The predicted octanol–water partition coefficient (Wildman–Crippen LogP) is 4.40. The molecule has 2 aromatic rings. The SMILES string of the molecule is CCCc1c(N)noc1-c1cc(Br)cc(Br)c1. The Labute approximate surface area is 117 Å². The van der Waals surface area contributed by atoms with Crippen molar-refractivity contribution in [3.8, 4) is 11.3 Å². The fourth-order valence-electron chi connectivity index (χ4n) is 1.72. The van der Waals surface area contributed by atoms with Crippen LogP contribution in [0, 0.1) is 0 Å². The first kappa shape index (κ1) is 12.6. The standard InChI is InChI=1S/C12H12Br2N2O/c1-2-3-10-11(17-16-12(10)15)7-4-8(13)6-9(14)5-7/h4-6H,2-3H2,1H3,(H2,15,16). The molecule has 0 bridgehead atoms. The number of hydrogen-bond donors (Lipinski definition) is 1. The number of nitrogens with two attached hydrogens (primary N) is 1. The van der Waals surface area contributed by atoms with Crippen molar-refractivity contribution in [1.82, 2.24) is 5.16 Å². The summed E-state index contributed by atoms with van der Waals surface area (Å²) < 4.78 is 7.30. The van der Waals surface area contributed by atoms with E-state index in [1.54, 1.807) is 0 Å². The second-order valence-electron chi connectivity index (χ2n) is 3.78. The van der Waals surface area contributed by atoms with Crippen LogP contribution >= 0.6 is 31.9 Å². The summed E-state index contributed by atoms with van der Waals surface area (Å²) in [5, 5.41) is 3.84. The van der Waals surface area contributed by atoms with Crippen LogP contribution in [-0.2, 0) is 6.42 Å². The number of aromatic nitrogens is 1. The van der Waals surface area contributed by atoms with Crippen molar-refractivity contribution >= 4 is 37.7 Å². The highest BCUT2D eigenvalue weighted by Crippen LogP contribution is 2.32. The Morgan fingerprint density at radius 3 is 2.47 bits per heavy atom. The van der Waals surface area contributed by atoms with Gasteiger partial charge in [0, 0.05) is 20.1 Å². The summed E-state index contributed by atoms with van der Waals surface area (Å²) in [5.74, 6) is 1.24. The third-order valence-corrected chi connectivity index (χ3v) is 3.36. The van der Waals surface area contributed by atoms with Crippen LogP contribution in [0.4, 0.5) is 5.82 Å². The molecule has 3 nitrogen and oxygen atoms in total. The number of nitrogens with zero attached hydrogens (tertiary/aromatic N) is 1. The van der Waals surface area contributed by atoms with Gasteiger partial charge in [0.2, 0.25) is 0 Å². The van der Waals surface area contributed by atoms with Crippen LogP contribution in [0.2, 0.25) is 0 Å². The van der Waals surface area contributed by atoms with E-state index in [-0.39, 0.29) is 0 Å². The van der Waals surface area contributed by atoms with E-state index in [4.69, 9.17) is 10.3 Å². The molecule has 0 saturated heterocycles. The minimum absolute atomic E-state index is 0.484. The molecule has 0 aliphatic carbocycles. The fourth-order valence-corrected chi connectivity index (χ4v) is 3.02. The normalized spacial score (nSPS) is 10.8. The van der Waals surface area contributed by atoms with Crippen LogP contribution in [0.5, 0.6) is 0 Å². The van der Waals surface area contributed by atoms with Crippen LogP contribution in [-0.4, -0.2) is 5.16 Å². The van der Waals surface area contributed by atoms with E-state index in [2.05, 4.69) is 43.9 Å². The summed E-state index contributed by atoms with van der Waals surface area (Å²) in [6.07, 6.45) is 1.88. The van der Waals surface area contributed by atoms with Gasteiger partial charge in [-0.15, -0.1) is 0 Å². The zero-order chi connectivity index (χ0) is 12.4. The topological polar surface area (TPSA) is 52.0 Å². The van der Waals surface area contributed by atoms with Crippen LogP contribution in [0.3, 0.4) is 0 Å². The number of rotatable bonds is 3. The first-order chi connectivity index (χ1) is 8.11. The minimum atomic E-state index is 0.484. The molecule has 0 aliphatic rings. The van der Waals surface area contributed by atoms with Gasteiger partial charge in [-0.2, -0.15) is 0 Å². The Kier molecular flexibility index (Phi) is 3.89. The van der Waals surface area contributed by atoms with Gasteiger partial charge in [-0.05, 0) is 24.6 Å². The van der Waals surface area contributed by atoms with Gasteiger partial charge in [-0.3, -0.25) is 0 Å². The molecular weight excluding hydrogens is 348 g/mol. The molecule has 17 heavy (non-hydrogen) atoms. The molecule has 0 saturated carbocycles. The second kappa shape index (κ2) is 5.23. The highest BCUT2D eigenvalue weighted by atomic mass is 79.9. The van der Waals surface area contributed by atoms with Crippen molar-refractivity contribution in [3.63, 3.8) is 0 Å². The molecule has 0 fully saturated rings. The number of hydrogen-bond acceptors (Lipinski definition) is 3. The molecule has 5 heteroatoms. The lowest BCUT2D eigenvalue weighted by Gasteiger charge is -2.02. The first-order valence-corrected chi connectivity index (χ1v) is 6.91. The lowest BCUT2D eigenvalue weighted by atomic mass is 10.1. The molecule has 0 spiro atoms. The lowest BCUT2D eigenvalue weighted by Crippen LogP contribution is -1.92. The van der Waals surface area contributed by atoms with Crippen molar-refractivity contribution in [2.24, 2.45) is 0 Å². The number of benzene rings is 1.